The summed E-state index contributed by atoms with van der Waals surface area (Å²) in [5.74, 6) is 0.376. The maximum Gasteiger partial charge on any atom is 0.241 e. The Morgan fingerprint density at radius 2 is 2.05 bits per heavy atom. The van der Waals surface area contributed by atoms with Gasteiger partial charge in [0.05, 0.1) is 12.6 Å². The molecule has 6 heteroatoms. The molecule has 2 atom stereocenters. The quantitative estimate of drug-likeness (QED) is 0.803. The number of halogens is 1. The zero-order chi connectivity index (χ0) is 13.7. The highest BCUT2D eigenvalue weighted by atomic mass is 35.5. The summed E-state index contributed by atoms with van der Waals surface area (Å²) in [6.45, 7) is 7.58. The van der Waals surface area contributed by atoms with Gasteiger partial charge in [-0.3, -0.25) is 9.59 Å². The van der Waals surface area contributed by atoms with E-state index in [0.717, 1.165) is 19.5 Å². The van der Waals surface area contributed by atoms with E-state index in [0.29, 0.717) is 5.92 Å². The lowest BCUT2D eigenvalue weighted by molar-refractivity contribution is -0.134. The van der Waals surface area contributed by atoms with Gasteiger partial charge in [-0.05, 0) is 24.7 Å². The summed E-state index contributed by atoms with van der Waals surface area (Å²) in [6, 6.07) is -0.543. The van der Waals surface area contributed by atoms with Crippen LogP contribution in [0.3, 0.4) is 0 Å². The fourth-order valence-corrected chi connectivity index (χ4v) is 2.11. The predicted molar refractivity (Wildman–Crippen MR) is 78.0 cm³/mol. The number of hydrogen-bond acceptors (Lipinski definition) is 3. The van der Waals surface area contributed by atoms with Gasteiger partial charge < -0.3 is 16.0 Å². The van der Waals surface area contributed by atoms with Crippen LogP contribution in [-0.4, -0.2) is 42.4 Å². The van der Waals surface area contributed by atoms with E-state index >= 15 is 0 Å². The molecule has 1 aliphatic rings. The van der Waals surface area contributed by atoms with Crippen LogP contribution < -0.4 is 11.1 Å². The van der Waals surface area contributed by atoms with Gasteiger partial charge >= 0.3 is 0 Å². The monoisotopic (exact) mass is 291 g/mol. The van der Waals surface area contributed by atoms with Crippen LogP contribution in [0.15, 0.2) is 0 Å². The summed E-state index contributed by atoms with van der Waals surface area (Å²) in [5, 5.41) is 2.62. The highest BCUT2D eigenvalue weighted by Gasteiger charge is 2.22. The number of amides is 2. The smallest absolute Gasteiger partial charge is 0.241 e. The van der Waals surface area contributed by atoms with Crippen LogP contribution in [0.25, 0.3) is 0 Å². The number of nitrogens with one attached hydrogen (secondary N) is 1. The topological polar surface area (TPSA) is 75.4 Å². The van der Waals surface area contributed by atoms with Crippen molar-refractivity contribution in [2.24, 2.45) is 17.6 Å². The van der Waals surface area contributed by atoms with Crippen LogP contribution in [0.1, 0.15) is 33.6 Å². The van der Waals surface area contributed by atoms with E-state index in [1.54, 1.807) is 0 Å². The molecule has 0 radical (unpaired) electrons. The zero-order valence-electron chi connectivity index (χ0n) is 12.0. The number of likely N-dealkylation sites (tertiary alicyclic amines) is 1. The third-order valence-electron chi connectivity index (χ3n) is 3.44. The minimum atomic E-state index is -0.543. The first-order valence-corrected chi connectivity index (χ1v) is 6.73. The summed E-state index contributed by atoms with van der Waals surface area (Å²) >= 11 is 0. The normalized spacial score (nSPS) is 20.7. The van der Waals surface area contributed by atoms with Crippen molar-refractivity contribution < 1.29 is 9.59 Å². The average molecular weight is 292 g/mol. The largest absolute Gasteiger partial charge is 0.346 e. The molecule has 0 aromatic heterocycles. The lowest BCUT2D eigenvalue weighted by atomic mass is 10.0. The molecule has 1 unspecified atom stereocenters. The Bertz CT molecular complexity index is 310. The zero-order valence-corrected chi connectivity index (χ0v) is 12.8. The van der Waals surface area contributed by atoms with Gasteiger partial charge in [-0.15, -0.1) is 12.4 Å². The molecule has 1 saturated heterocycles. The van der Waals surface area contributed by atoms with Gasteiger partial charge in [-0.2, -0.15) is 0 Å². The molecule has 19 heavy (non-hydrogen) atoms. The summed E-state index contributed by atoms with van der Waals surface area (Å²) in [5.41, 5.74) is 5.71. The standard InChI is InChI=1S/C13H25N3O2.ClH/c1-9(2)12(14)13(18)15-7-11(17)16-6-4-5-10(3)8-16;/h9-10,12H,4-8,14H2,1-3H3,(H,15,18);1H/t10?,12-;/m0./s1. The predicted octanol–water partition coefficient (Wildman–Crippen LogP) is 0.766. The Balaban J connectivity index is 0.00000324. The first-order chi connectivity index (χ1) is 8.41. The van der Waals surface area contributed by atoms with Crippen LogP contribution in [0.2, 0.25) is 0 Å². The molecule has 5 nitrogen and oxygen atoms in total. The van der Waals surface area contributed by atoms with Gasteiger partial charge in [-0.1, -0.05) is 20.8 Å². The van der Waals surface area contributed by atoms with Crippen molar-refractivity contribution in [3.63, 3.8) is 0 Å². The second-order valence-electron chi connectivity index (χ2n) is 5.57. The molecule has 1 heterocycles. The molecule has 1 rings (SSSR count). The highest BCUT2D eigenvalue weighted by molar-refractivity contribution is 5.87. The summed E-state index contributed by atoms with van der Waals surface area (Å²) in [6.07, 6.45) is 2.22. The molecule has 1 aliphatic heterocycles. The Labute approximate surface area is 121 Å². The molecular formula is C13H26ClN3O2. The van der Waals surface area contributed by atoms with Crippen LogP contribution in [0.5, 0.6) is 0 Å². The number of carbonyl (C=O) groups is 2. The number of rotatable bonds is 4. The summed E-state index contributed by atoms with van der Waals surface area (Å²) < 4.78 is 0. The first kappa shape index (κ1) is 18.2. The molecule has 0 aliphatic carbocycles. The van der Waals surface area contributed by atoms with Crippen molar-refractivity contribution in [2.45, 2.75) is 39.7 Å². The number of carbonyl (C=O) groups excluding carboxylic acids is 2. The minimum Gasteiger partial charge on any atom is -0.346 e. The molecule has 112 valence electrons. The lowest BCUT2D eigenvalue weighted by Crippen LogP contribution is -2.49. The van der Waals surface area contributed by atoms with Gasteiger partial charge in [0.15, 0.2) is 0 Å². The molecule has 1 fully saturated rings. The second-order valence-corrected chi connectivity index (χ2v) is 5.57. The van der Waals surface area contributed by atoms with Crippen molar-refractivity contribution >= 4 is 24.2 Å². The third kappa shape index (κ3) is 5.78. The van der Waals surface area contributed by atoms with E-state index in [2.05, 4.69) is 12.2 Å². The van der Waals surface area contributed by atoms with Gasteiger partial charge in [-0.25, -0.2) is 0 Å². The van der Waals surface area contributed by atoms with E-state index < -0.39 is 6.04 Å². The van der Waals surface area contributed by atoms with Gasteiger partial charge in [0.1, 0.15) is 0 Å². The van der Waals surface area contributed by atoms with Crippen molar-refractivity contribution in [3.8, 4) is 0 Å². The number of hydrogen-bond donors (Lipinski definition) is 2. The van der Waals surface area contributed by atoms with Crippen LogP contribution in [-0.2, 0) is 9.59 Å². The Kier molecular flexibility index (Phi) is 8.02. The highest BCUT2D eigenvalue weighted by Crippen LogP contribution is 2.15. The van der Waals surface area contributed by atoms with E-state index in [-0.39, 0.29) is 36.7 Å². The van der Waals surface area contributed by atoms with E-state index in [1.165, 1.54) is 6.42 Å². The number of nitrogens with zero attached hydrogens (tertiary/aromatic N) is 1. The maximum atomic E-state index is 11.9. The number of piperidine rings is 1. The van der Waals surface area contributed by atoms with Crippen molar-refractivity contribution in [1.82, 2.24) is 10.2 Å². The molecular weight excluding hydrogens is 266 g/mol. The second kappa shape index (κ2) is 8.38. The van der Waals surface area contributed by atoms with E-state index in [9.17, 15) is 9.59 Å². The molecule has 2 amide bonds. The molecule has 0 aromatic rings. The van der Waals surface area contributed by atoms with E-state index in [1.807, 2.05) is 18.7 Å². The molecule has 3 N–H and O–H groups in total. The van der Waals surface area contributed by atoms with E-state index in [4.69, 9.17) is 5.73 Å². The Morgan fingerprint density at radius 1 is 1.42 bits per heavy atom. The molecule has 0 spiro atoms. The summed E-state index contributed by atoms with van der Waals surface area (Å²) in [4.78, 5) is 25.4. The fraction of sp³-hybridized carbons (Fsp3) is 0.846. The Hall–Kier alpha value is -0.810. The third-order valence-corrected chi connectivity index (χ3v) is 3.44. The molecule has 0 saturated carbocycles. The van der Waals surface area contributed by atoms with Crippen LogP contribution >= 0.6 is 12.4 Å². The van der Waals surface area contributed by atoms with Gasteiger partial charge in [0.25, 0.3) is 0 Å². The molecule has 0 aromatic carbocycles. The maximum absolute atomic E-state index is 11.9. The van der Waals surface area contributed by atoms with Crippen LogP contribution in [0.4, 0.5) is 0 Å². The van der Waals surface area contributed by atoms with Crippen molar-refractivity contribution in [3.05, 3.63) is 0 Å². The minimum absolute atomic E-state index is 0. The Morgan fingerprint density at radius 3 is 2.58 bits per heavy atom. The summed E-state index contributed by atoms with van der Waals surface area (Å²) in [7, 11) is 0. The van der Waals surface area contributed by atoms with Gasteiger partial charge in [0, 0.05) is 13.1 Å². The number of nitrogens with two attached hydrogens (primary N) is 1. The lowest BCUT2D eigenvalue weighted by Gasteiger charge is -2.31. The van der Waals surface area contributed by atoms with Crippen LogP contribution in [0, 0.1) is 11.8 Å². The molecule has 0 bridgehead atoms. The SMILES string of the molecule is CC1CCCN(C(=O)CNC(=O)[C@@H](N)C(C)C)C1.Cl. The van der Waals surface area contributed by atoms with Crippen molar-refractivity contribution in [2.75, 3.05) is 19.6 Å². The van der Waals surface area contributed by atoms with Crippen molar-refractivity contribution in [1.29, 1.82) is 0 Å². The first-order valence-electron chi connectivity index (χ1n) is 6.73. The fourth-order valence-electron chi connectivity index (χ4n) is 2.11. The average Bonchev–Trinajstić information content (AvgIpc) is 2.34. The van der Waals surface area contributed by atoms with Gasteiger partial charge in [0.2, 0.25) is 11.8 Å².